The number of anilines is 1. The van der Waals surface area contributed by atoms with E-state index in [1.165, 1.54) is 0 Å². The van der Waals surface area contributed by atoms with E-state index < -0.39 is 5.91 Å². The van der Waals surface area contributed by atoms with Crippen molar-refractivity contribution in [2.45, 2.75) is 13.5 Å². The van der Waals surface area contributed by atoms with Gasteiger partial charge < -0.3 is 14.8 Å². The van der Waals surface area contributed by atoms with Crippen LogP contribution >= 0.6 is 22.6 Å². The minimum Gasteiger partial charge on any atom is -0.490 e. The maximum Gasteiger partial charge on any atom is 0.266 e. The zero-order valence-corrected chi connectivity index (χ0v) is 21.3. The Morgan fingerprint density at radius 1 is 1.00 bits per heavy atom. The number of carbonyl (C=O) groups is 1. The van der Waals surface area contributed by atoms with Gasteiger partial charge in [0.05, 0.1) is 10.2 Å². The number of carbonyl (C=O) groups excluding carboxylic acids is 1. The molecule has 4 aromatic carbocycles. The fourth-order valence-electron chi connectivity index (χ4n) is 3.68. The van der Waals surface area contributed by atoms with Gasteiger partial charge >= 0.3 is 0 Å². The normalized spacial score (nSPS) is 11.1. The lowest BCUT2D eigenvalue weighted by molar-refractivity contribution is -0.112. The van der Waals surface area contributed by atoms with Gasteiger partial charge in [0.1, 0.15) is 18.2 Å². The summed E-state index contributed by atoms with van der Waals surface area (Å²) in [6.45, 7) is 2.74. The molecule has 0 unspecified atom stereocenters. The van der Waals surface area contributed by atoms with Gasteiger partial charge in [0.2, 0.25) is 0 Å². The van der Waals surface area contributed by atoms with Gasteiger partial charge in [-0.2, -0.15) is 5.26 Å². The van der Waals surface area contributed by atoms with Gasteiger partial charge in [-0.05, 0) is 81.8 Å². The van der Waals surface area contributed by atoms with Crippen molar-refractivity contribution in [3.63, 3.8) is 0 Å². The summed E-state index contributed by atoms with van der Waals surface area (Å²) in [7, 11) is 0. The summed E-state index contributed by atoms with van der Waals surface area (Å²) in [5, 5.41) is 14.6. The zero-order valence-electron chi connectivity index (χ0n) is 19.1. The van der Waals surface area contributed by atoms with Crippen molar-refractivity contribution in [2.75, 3.05) is 11.9 Å². The summed E-state index contributed by atoms with van der Waals surface area (Å²) in [5.74, 6) is 0.722. The standard InChI is InChI=1S/C29H23IN2O3/c1-2-34-27-17-20(15-23(18-31)29(33)32-24-12-4-3-5-13-24)16-26(30)28(27)35-19-22-11-8-10-21-9-6-7-14-25(21)22/h3-17H,2,19H2,1H3,(H,32,33)/b23-15+. The highest BCUT2D eigenvalue weighted by atomic mass is 127. The van der Waals surface area contributed by atoms with Crippen LogP contribution in [-0.2, 0) is 11.4 Å². The largest absolute Gasteiger partial charge is 0.490 e. The van der Waals surface area contributed by atoms with E-state index in [4.69, 9.17) is 9.47 Å². The van der Waals surface area contributed by atoms with Crippen LogP contribution in [0.15, 0.2) is 90.5 Å². The molecule has 1 N–H and O–H groups in total. The molecule has 0 radical (unpaired) electrons. The van der Waals surface area contributed by atoms with Crippen LogP contribution in [0, 0.1) is 14.9 Å². The summed E-state index contributed by atoms with van der Waals surface area (Å²) in [5.41, 5.74) is 2.38. The predicted octanol–water partition coefficient (Wildman–Crippen LogP) is 6.97. The lowest BCUT2D eigenvalue weighted by Gasteiger charge is -2.16. The molecule has 0 aliphatic carbocycles. The number of ether oxygens (including phenoxy) is 2. The van der Waals surface area contributed by atoms with E-state index in [1.54, 1.807) is 24.3 Å². The molecule has 0 spiro atoms. The van der Waals surface area contributed by atoms with Gasteiger partial charge in [0, 0.05) is 5.69 Å². The highest BCUT2D eigenvalue weighted by molar-refractivity contribution is 14.1. The molecule has 0 heterocycles. The number of nitrogens with zero attached hydrogens (tertiary/aromatic N) is 1. The molecule has 1 amide bonds. The van der Waals surface area contributed by atoms with Crippen molar-refractivity contribution in [1.29, 1.82) is 5.26 Å². The Morgan fingerprint density at radius 2 is 1.74 bits per heavy atom. The topological polar surface area (TPSA) is 71.3 Å². The minimum absolute atomic E-state index is 0.00322. The molecule has 0 saturated carbocycles. The van der Waals surface area contributed by atoms with Crippen molar-refractivity contribution < 1.29 is 14.3 Å². The van der Waals surface area contributed by atoms with Crippen LogP contribution < -0.4 is 14.8 Å². The second-order valence-corrected chi connectivity index (χ2v) is 8.84. The number of hydrogen-bond acceptors (Lipinski definition) is 4. The maximum absolute atomic E-state index is 12.6. The van der Waals surface area contributed by atoms with Gasteiger partial charge in [-0.3, -0.25) is 4.79 Å². The second-order valence-electron chi connectivity index (χ2n) is 7.68. The molecule has 4 aromatic rings. The fraction of sp³-hybridized carbons (Fsp3) is 0.103. The Kier molecular flexibility index (Phi) is 8.01. The van der Waals surface area contributed by atoms with Gasteiger partial charge in [0.25, 0.3) is 5.91 Å². The average Bonchev–Trinajstić information content (AvgIpc) is 2.87. The summed E-state index contributed by atoms with van der Waals surface area (Å²) < 4.78 is 12.9. The Bertz CT molecular complexity index is 1420. The third-order valence-electron chi connectivity index (χ3n) is 5.29. The Balaban J connectivity index is 1.60. The molecule has 0 aromatic heterocycles. The van der Waals surface area contributed by atoms with Crippen molar-refractivity contribution in [3.05, 3.63) is 105 Å². The molecule has 174 valence electrons. The number of nitriles is 1. The van der Waals surface area contributed by atoms with Crippen LogP contribution in [0.25, 0.3) is 16.8 Å². The molecule has 6 heteroatoms. The molecular weight excluding hydrogens is 551 g/mol. The van der Waals surface area contributed by atoms with E-state index in [0.717, 1.165) is 19.9 Å². The van der Waals surface area contributed by atoms with E-state index in [1.807, 2.05) is 55.5 Å². The molecular formula is C29H23IN2O3. The van der Waals surface area contributed by atoms with Crippen molar-refractivity contribution in [2.24, 2.45) is 0 Å². The van der Waals surface area contributed by atoms with Crippen molar-refractivity contribution in [1.82, 2.24) is 0 Å². The first-order valence-electron chi connectivity index (χ1n) is 11.1. The monoisotopic (exact) mass is 574 g/mol. The summed E-state index contributed by atoms with van der Waals surface area (Å²) in [6.07, 6.45) is 1.55. The molecule has 0 atom stereocenters. The van der Waals surface area contributed by atoms with Crippen LogP contribution in [0.5, 0.6) is 11.5 Å². The summed E-state index contributed by atoms with van der Waals surface area (Å²) in [4.78, 5) is 12.6. The Labute approximate surface area is 218 Å². The Morgan fingerprint density at radius 3 is 2.51 bits per heavy atom. The second kappa shape index (κ2) is 11.5. The first-order valence-corrected chi connectivity index (χ1v) is 12.2. The third kappa shape index (κ3) is 6.00. The van der Waals surface area contributed by atoms with E-state index in [9.17, 15) is 10.1 Å². The molecule has 0 bridgehead atoms. The number of para-hydroxylation sites is 1. The first kappa shape index (κ1) is 24.3. The summed E-state index contributed by atoms with van der Waals surface area (Å²) in [6, 6.07) is 29.0. The predicted molar refractivity (Wildman–Crippen MR) is 147 cm³/mol. The highest BCUT2D eigenvalue weighted by Gasteiger charge is 2.15. The minimum atomic E-state index is -0.469. The highest BCUT2D eigenvalue weighted by Crippen LogP contribution is 2.36. The maximum atomic E-state index is 12.6. The number of halogens is 1. The number of nitrogens with one attached hydrogen (secondary N) is 1. The average molecular weight is 574 g/mol. The molecule has 0 aliphatic heterocycles. The van der Waals surface area contributed by atoms with E-state index in [2.05, 4.69) is 52.2 Å². The van der Waals surface area contributed by atoms with Gasteiger partial charge in [-0.1, -0.05) is 60.7 Å². The van der Waals surface area contributed by atoms with Crippen LogP contribution in [0.3, 0.4) is 0 Å². The number of amides is 1. The van der Waals surface area contributed by atoms with Crippen LogP contribution in [0.1, 0.15) is 18.1 Å². The number of hydrogen-bond donors (Lipinski definition) is 1. The number of benzene rings is 4. The van der Waals surface area contributed by atoms with E-state index >= 15 is 0 Å². The van der Waals surface area contributed by atoms with Crippen LogP contribution in [-0.4, -0.2) is 12.5 Å². The molecule has 35 heavy (non-hydrogen) atoms. The smallest absolute Gasteiger partial charge is 0.266 e. The Hall–Kier alpha value is -3.83. The molecule has 0 fully saturated rings. The van der Waals surface area contributed by atoms with Gasteiger partial charge in [-0.25, -0.2) is 0 Å². The first-order chi connectivity index (χ1) is 17.1. The van der Waals surface area contributed by atoms with Gasteiger partial charge in [-0.15, -0.1) is 0 Å². The fourth-order valence-corrected chi connectivity index (χ4v) is 4.46. The summed E-state index contributed by atoms with van der Waals surface area (Å²) >= 11 is 2.19. The zero-order chi connectivity index (χ0) is 24.6. The van der Waals surface area contributed by atoms with Crippen molar-refractivity contribution >= 4 is 51.0 Å². The SMILES string of the molecule is CCOc1cc(/C=C(\C#N)C(=O)Nc2ccccc2)cc(I)c1OCc1cccc2ccccc12. The third-order valence-corrected chi connectivity index (χ3v) is 6.09. The molecule has 4 rings (SSSR count). The van der Waals surface area contributed by atoms with Gasteiger partial charge in [0.15, 0.2) is 11.5 Å². The van der Waals surface area contributed by atoms with Crippen molar-refractivity contribution in [3.8, 4) is 17.6 Å². The van der Waals surface area contributed by atoms with E-state index in [-0.39, 0.29) is 5.57 Å². The molecule has 0 aliphatic rings. The molecule has 5 nitrogen and oxygen atoms in total. The lowest BCUT2D eigenvalue weighted by atomic mass is 10.1. The number of rotatable bonds is 8. The number of fused-ring (bicyclic) bond motifs is 1. The lowest BCUT2D eigenvalue weighted by Crippen LogP contribution is -2.13. The van der Waals surface area contributed by atoms with Crippen LogP contribution in [0.4, 0.5) is 5.69 Å². The van der Waals surface area contributed by atoms with Crippen LogP contribution in [0.2, 0.25) is 0 Å². The molecule has 0 saturated heterocycles. The quantitative estimate of drug-likeness (QED) is 0.140. The van der Waals surface area contributed by atoms with E-state index in [0.29, 0.717) is 36.0 Å².